The number of carbonyl (C=O) groups excluding carboxylic acids is 1. The number of rotatable bonds is 6. The van der Waals surface area contributed by atoms with E-state index in [2.05, 4.69) is 48.5 Å². The second kappa shape index (κ2) is 9.78. The summed E-state index contributed by atoms with van der Waals surface area (Å²) in [4.78, 5) is 21.5. The van der Waals surface area contributed by atoms with Gasteiger partial charge in [-0.2, -0.15) is 4.98 Å². The predicted octanol–water partition coefficient (Wildman–Crippen LogP) is 6.44. The van der Waals surface area contributed by atoms with Crippen LogP contribution < -0.4 is 16.0 Å². The molecule has 160 valence electrons. The molecule has 0 saturated heterocycles. The standard InChI is InChI=1S/C25H22IN5O/c1-16-6-8-22(9-7-16)30-25-27-17(2)14-23(31-25)28-20-10-12-21(13-11-20)29-24(32)18-4-3-5-19(26)15-18/h3-15H,1-2H3,(H,29,32)(H2,27,28,30,31). The van der Waals surface area contributed by atoms with Gasteiger partial charge in [-0.05, 0) is 91.0 Å². The van der Waals surface area contributed by atoms with E-state index in [1.165, 1.54) is 5.56 Å². The fourth-order valence-electron chi connectivity index (χ4n) is 3.07. The summed E-state index contributed by atoms with van der Waals surface area (Å²) < 4.78 is 1.02. The molecule has 0 fully saturated rings. The van der Waals surface area contributed by atoms with Crippen LogP contribution in [-0.2, 0) is 0 Å². The van der Waals surface area contributed by atoms with Crippen LogP contribution in [0.1, 0.15) is 21.6 Å². The summed E-state index contributed by atoms with van der Waals surface area (Å²) in [5.41, 5.74) is 5.18. The second-order valence-electron chi connectivity index (χ2n) is 7.38. The minimum Gasteiger partial charge on any atom is -0.340 e. The van der Waals surface area contributed by atoms with Gasteiger partial charge < -0.3 is 16.0 Å². The van der Waals surface area contributed by atoms with Gasteiger partial charge in [0.25, 0.3) is 5.91 Å². The van der Waals surface area contributed by atoms with Gasteiger partial charge in [-0.15, -0.1) is 0 Å². The van der Waals surface area contributed by atoms with Gasteiger partial charge in [0, 0.05) is 38.0 Å². The number of benzene rings is 3. The highest BCUT2D eigenvalue weighted by Gasteiger charge is 2.07. The van der Waals surface area contributed by atoms with Crippen molar-refractivity contribution in [2.45, 2.75) is 13.8 Å². The van der Waals surface area contributed by atoms with Crippen LogP contribution in [0.3, 0.4) is 0 Å². The van der Waals surface area contributed by atoms with Gasteiger partial charge in [-0.3, -0.25) is 4.79 Å². The summed E-state index contributed by atoms with van der Waals surface area (Å²) in [5, 5.41) is 9.45. The maximum absolute atomic E-state index is 12.4. The number of carbonyl (C=O) groups is 1. The number of amides is 1. The first-order valence-corrected chi connectivity index (χ1v) is 11.2. The average Bonchev–Trinajstić information content (AvgIpc) is 2.76. The largest absolute Gasteiger partial charge is 0.340 e. The number of anilines is 5. The molecular weight excluding hydrogens is 513 g/mol. The summed E-state index contributed by atoms with van der Waals surface area (Å²) in [5.74, 6) is 1.07. The van der Waals surface area contributed by atoms with Crippen molar-refractivity contribution in [1.29, 1.82) is 0 Å². The minimum absolute atomic E-state index is 0.137. The van der Waals surface area contributed by atoms with Gasteiger partial charge in [0.2, 0.25) is 5.95 Å². The molecule has 3 aromatic carbocycles. The minimum atomic E-state index is -0.137. The van der Waals surface area contributed by atoms with Gasteiger partial charge in [0.1, 0.15) is 5.82 Å². The molecule has 1 amide bonds. The highest BCUT2D eigenvalue weighted by Crippen LogP contribution is 2.21. The van der Waals surface area contributed by atoms with Gasteiger partial charge in [0.05, 0.1) is 0 Å². The number of nitrogens with zero attached hydrogens (tertiary/aromatic N) is 2. The van der Waals surface area contributed by atoms with Gasteiger partial charge >= 0.3 is 0 Å². The lowest BCUT2D eigenvalue weighted by atomic mass is 10.2. The molecule has 32 heavy (non-hydrogen) atoms. The molecule has 0 aliphatic heterocycles. The highest BCUT2D eigenvalue weighted by molar-refractivity contribution is 14.1. The zero-order valence-corrected chi connectivity index (χ0v) is 19.8. The predicted molar refractivity (Wildman–Crippen MR) is 138 cm³/mol. The molecule has 1 aromatic heterocycles. The monoisotopic (exact) mass is 535 g/mol. The molecule has 6 nitrogen and oxygen atoms in total. The van der Waals surface area contributed by atoms with Crippen LogP contribution in [0.25, 0.3) is 0 Å². The Labute approximate surface area is 200 Å². The van der Waals surface area contributed by atoms with Crippen molar-refractivity contribution in [2.75, 3.05) is 16.0 Å². The maximum atomic E-state index is 12.4. The van der Waals surface area contributed by atoms with E-state index < -0.39 is 0 Å². The molecule has 0 atom stereocenters. The molecular formula is C25H22IN5O. The Bertz CT molecular complexity index is 1240. The third-order valence-corrected chi connectivity index (χ3v) is 5.33. The van der Waals surface area contributed by atoms with Gasteiger partial charge in [-0.1, -0.05) is 23.8 Å². The first-order chi connectivity index (χ1) is 15.4. The Kier molecular flexibility index (Phi) is 6.65. The van der Waals surface area contributed by atoms with Crippen LogP contribution in [0.2, 0.25) is 0 Å². The van der Waals surface area contributed by atoms with E-state index in [9.17, 15) is 4.79 Å². The van der Waals surface area contributed by atoms with Crippen LogP contribution >= 0.6 is 22.6 Å². The van der Waals surface area contributed by atoms with Crippen molar-refractivity contribution < 1.29 is 4.79 Å². The fraction of sp³-hybridized carbons (Fsp3) is 0.0800. The molecule has 4 rings (SSSR count). The van der Waals surface area contributed by atoms with E-state index in [0.717, 1.165) is 26.3 Å². The first kappa shape index (κ1) is 21.8. The summed E-state index contributed by atoms with van der Waals surface area (Å²) in [7, 11) is 0. The second-order valence-corrected chi connectivity index (χ2v) is 8.62. The molecule has 0 bridgehead atoms. The van der Waals surface area contributed by atoms with Crippen LogP contribution in [-0.4, -0.2) is 15.9 Å². The zero-order valence-electron chi connectivity index (χ0n) is 17.7. The summed E-state index contributed by atoms with van der Waals surface area (Å²) >= 11 is 2.19. The van der Waals surface area contributed by atoms with Crippen molar-refractivity contribution in [3.05, 3.63) is 99.3 Å². The van der Waals surface area contributed by atoms with E-state index in [4.69, 9.17) is 0 Å². The molecule has 0 radical (unpaired) electrons. The highest BCUT2D eigenvalue weighted by atomic mass is 127. The molecule has 1 heterocycles. The molecule has 0 unspecified atom stereocenters. The number of hydrogen-bond donors (Lipinski definition) is 3. The quantitative estimate of drug-likeness (QED) is 0.248. The van der Waals surface area contributed by atoms with Crippen molar-refractivity contribution in [2.24, 2.45) is 0 Å². The summed E-state index contributed by atoms with van der Waals surface area (Å²) in [6.45, 7) is 3.98. The van der Waals surface area contributed by atoms with Crippen LogP contribution in [0.15, 0.2) is 78.9 Å². The maximum Gasteiger partial charge on any atom is 0.255 e. The Morgan fingerprint density at radius 1 is 0.781 bits per heavy atom. The lowest BCUT2D eigenvalue weighted by molar-refractivity contribution is 0.102. The van der Waals surface area contributed by atoms with Gasteiger partial charge in [-0.25, -0.2) is 4.98 Å². The molecule has 7 heteroatoms. The number of aromatic nitrogens is 2. The molecule has 0 spiro atoms. The van der Waals surface area contributed by atoms with E-state index in [1.807, 2.05) is 86.6 Å². The average molecular weight is 535 g/mol. The molecule has 0 saturated carbocycles. The Balaban J connectivity index is 1.43. The molecule has 4 aromatic rings. The van der Waals surface area contributed by atoms with Crippen molar-refractivity contribution >= 4 is 57.3 Å². The van der Waals surface area contributed by atoms with E-state index in [-0.39, 0.29) is 5.91 Å². The van der Waals surface area contributed by atoms with E-state index in [1.54, 1.807) is 6.07 Å². The molecule has 3 N–H and O–H groups in total. The van der Waals surface area contributed by atoms with E-state index in [0.29, 0.717) is 17.3 Å². The molecule has 0 aliphatic rings. The molecule has 0 aliphatic carbocycles. The lowest BCUT2D eigenvalue weighted by Gasteiger charge is -2.11. The number of halogens is 1. The number of aryl methyl sites for hydroxylation is 2. The zero-order chi connectivity index (χ0) is 22.5. The van der Waals surface area contributed by atoms with Gasteiger partial charge in [0.15, 0.2) is 0 Å². The third kappa shape index (κ3) is 5.82. The smallest absolute Gasteiger partial charge is 0.255 e. The van der Waals surface area contributed by atoms with Crippen LogP contribution in [0, 0.1) is 17.4 Å². The number of nitrogens with one attached hydrogen (secondary N) is 3. The fourth-order valence-corrected chi connectivity index (χ4v) is 3.62. The lowest BCUT2D eigenvalue weighted by Crippen LogP contribution is -2.11. The topological polar surface area (TPSA) is 78.9 Å². The van der Waals surface area contributed by atoms with E-state index >= 15 is 0 Å². The normalized spacial score (nSPS) is 10.5. The van der Waals surface area contributed by atoms with Crippen molar-refractivity contribution in [3.63, 3.8) is 0 Å². The third-order valence-electron chi connectivity index (χ3n) is 4.66. The summed E-state index contributed by atoms with van der Waals surface area (Å²) in [6, 6.07) is 24.9. The Hall–Kier alpha value is -3.46. The van der Waals surface area contributed by atoms with Crippen molar-refractivity contribution in [1.82, 2.24) is 9.97 Å². The Morgan fingerprint density at radius 3 is 2.16 bits per heavy atom. The van der Waals surface area contributed by atoms with Crippen molar-refractivity contribution in [3.8, 4) is 0 Å². The van der Waals surface area contributed by atoms with Crippen LogP contribution in [0.5, 0.6) is 0 Å². The summed E-state index contributed by atoms with van der Waals surface area (Å²) in [6.07, 6.45) is 0. The SMILES string of the molecule is Cc1ccc(Nc2nc(C)cc(Nc3ccc(NC(=O)c4cccc(I)c4)cc3)n2)cc1. The van der Waals surface area contributed by atoms with Crippen LogP contribution in [0.4, 0.5) is 28.8 Å². The number of hydrogen-bond acceptors (Lipinski definition) is 5. The Morgan fingerprint density at radius 2 is 1.44 bits per heavy atom. The first-order valence-electron chi connectivity index (χ1n) is 10.1.